The quantitative estimate of drug-likeness (QED) is 0.125. The predicted octanol–water partition coefficient (Wildman–Crippen LogP) is 14.1. The number of benzene rings is 7. The smallest absolute Gasteiger partial charge is 0.160 e. The number of hydrogen-bond donors (Lipinski definition) is 0. The van der Waals surface area contributed by atoms with Gasteiger partial charge < -0.3 is 0 Å². The molecule has 0 fully saturated rings. The molecule has 0 unspecified atom stereocenters. The van der Waals surface area contributed by atoms with E-state index in [2.05, 4.69) is 137 Å². The molecule has 2 aliphatic carbocycles. The van der Waals surface area contributed by atoms with Gasteiger partial charge in [0.2, 0.25) is 0 Å². The van der Waals surface area contributed by atoms with Gasteiger partial charge in [0.25, 0.3) is 0 Å². The lowest BCUT2D eigenvalue weighted by Crippen LogP contribution is -2.07. The molecule has 2 heteroatoms. The largest absolute Gasteiger partial charge is 0.233 e. The van der Waals surface area contributed by atoms with Crippen LogP contribution in [0.2, 0.25) is 0 Å². The van der Waals surface area contributed by atoms with E-state index >= 15 is 0 Å². The Bertz CT molecular complexity index is 2590. The van der Waals surface area contributed by atoms with Crippen molar-refractivity contribution < 1.29 is 0 Å². The van der Waals surface area contributed by atoms with Gasteiger partial charge in [-0.2, -0.15) is 0 Å². The summed E-state index contributed by atoms with van der Waals surface area (Å²) in [7, 11) is 0. The van der Waals surface area contributed by atoms with E-state index in [1.165, 1.54) is 72.3 Å². The second-order valence-corrected chi connectivity index (χ2v) is 14.4. The fourth-order valence-electron chi connectivity index (χ4n) is 7.93. The van der Waals surface area contributed by atoms with Gasteiger partial charge in [-0.05, 0) is 118 Å². The average molecular weight is 727 g/mol. The molecule has 0 saturated heterocycles. The van der Waals surface area contributed by atoms with Gasteiger partial charge >= 0.3 is 0 Å². The molecular weight excluding hydrogens is 677 g/mol. The van der Waals surface area contributed by atoms with E-state index in [0.29, 0.717) is 11.5 Å². The summed E-state index contributed by atoms with van der Waals surface area (Å²) in [5, 5.41) is 0. The lowest BCUT2D eigenvalue weighted by atomic mass is 9.91. The van der Waals surface area contributed by atoms with Crippen molar-refractivity contribution in [2.24, 2.45) is 9.98 Å². The van der Waals surface area contributed by atoms with Crippen molar-refractivity contribution in [1.82, 2.24) is 0 Å². The van der Waals surface area contributed by atoms with Gasteiger partial charge in [0.05, 0.1) is 5.70 Å². The van der Waals surface area contributed by atoms with Crippen LogP contribution >= 0.6 is 0 Å². The van der Waals surface area contributed by atoms with Gasteiger partial charge in [0.1, 0.15) is 0 Å². The van der Waals surface area contributed by atoms with Crippen LogP contribution in [0.1, 0.15) is 76.4 Å². The van der Waals surface area contributed by atoms with Crippen LogP contribution in [-0.2, 0) is 12.8 Å². The number of hydrogen-bond acceptors (Lipinski definition) is 1. The Morgan fingerprint density at radius 1 is 0.482 bits per heavy atom. The zero-order valence-corrected chi connectivity index (χ0v) is 33.5. The summed E-state index contributed by atoms with van der Waals surface area (Å²) < 4.78 is 0. The highest BCUT2D eigenvalue weighted by molar-refractivity contribution is 6.14. The number of fused-ring (bicyclic) bond motifs is 6. The molecule has 0 N–H and O–H groups in total. The van der Waals surface area contributed by atoms with Crippen molar-refractivity contribution in [2.75, 3.05) is 0 Å². The predicted molar refractivity (Wildman–Crippen MR) is 241 cm³/mol. The van der Waals surface area contributed by atoms with Crippen LogP contribution in [0, 0.1) is 20.8 Å². The molecule has 9 rings (SSSR count). The van der Waals surface area contributed by atoms with Crippen LogP contribution in [0.15, 0.2) is 174 Å². The molecule has 0 spiro atoms. The number of aryl methyl sites for hydroxylation is 2. The Labute approximate surface area is 333 Å². The molecule has 0 atom stereocenters. The molecule has 276 valence electrons. The fraction of sp³-hybridized carbons (Fsp3) is 0.148. The Morgan fingerprint density at radius 3 is 1.79 bits per heavy atom. The highest BCUT2D eigenvalue weighted by Crippen LogP contribution is 2.42. The molecule has 0 radical (unpaired) electrons. The molecular formula is C54H50N2. The van der Waals surface area contributed by atoms with Crippen LogP contribution in [-0.4, -0.2) is 11.5 Å². The summed E-state index contributed by atoms with van der Waals surface area (Å²) in [5.74, 6) is 0.701. The van der Waals surface area contributed by atoms with Crippen molar-refractivity contribution in [3.05, 3.63) is 220 Å². The maximum atomic E-state index is 5.05. The maximum Gasteiger partial charge on any atom is 0.160 e. The van der Waals surface area contributed by atoms with Gasteiger partial charge in [-0.25, -0.2) is 9.98 Å². The van der Waals surface area contributed by atoms with Crippen LogP contribution < -0.4 is 0 Å². The van der Waals surface area contributed by atoms with Gasteiger partial charge in [0, 0.05) is 11.3 Å². The van der Waals surface area contributed by atoms with Crippen molar-refractivity contribution in [3.63, 3.8) is 0 Å². The minimum Gasteiger partial charge on any atom is -0.233 e. The molecule has 2 nitrogen and oxygen atoms in total. The summed E-state index contributed by atoms with van der Waals surface area (Å²) in [6.45, 7) is 16.9. The first-order chi connectivity index (χ1) is 27.4. The molecule has 0 heterocycles. The highest BCUT2D eigenvalue weighted by atomic mass is 14.9. The van der Waals surface area contributed by atoms with E-state index in [1.807, 2.05) is 69.3 Å². The summed E-state index contributed by atoms with van der Waals surface area (Å²) in [6, 6.07) is 55.5. The van der Waals surface area contributed by atoms with Crippen LogP contribution in [0.5, 0.6) is 0 Å². The molecule has 0 amide bonds. The third kappa shape index (κ3) is 7.74. The Hall–Kier alpha value is -6.38. The summed E-state index contributed by atoms with van der Waals surface area (Å²) >= 11 is 0. The monoisotopic (exact) mass is 726 g/mol. The minimum atomic E-state index is 0.701. The average Bonchev–Trinajstić information content (AvgIpc) is 3.81. The van der Waals surface area contributed by atoms with Crippen molar-refractivity contribution >= 4 is 17.2 Å². The molecule has 0 saturated carbocycles. The van der Waals surface area contributed by atoms with E-state index in [1.54, 1.807) is 0 Å². The molecule has 2 aliphatic rings. The summed E-state index contributed by atoms with van der Waals surface area (Å²) in [5.41, 5.74) is 22.6. The Morgan fingerprint density at radius 2 is 1.05 bits per heavy atom. The number of aliphatic imine (C=N–C) groups is 2. The van der Waals surface area contributed by atoms with Crippen molar-refractivity contribution in [1.29, 1.82) is 0 Å². The number of nitrogens with zero attached hydrogens (tertiary/aromatic N) is 2. The standard InChI is InChI=1S/C31H26N2.C21H18.C2H6/c1-21-17-18-26-20-30-27(29(26)19-21)15-10-16-28(30)31(32-22(2)24-11-6-4-7-12-24)33-23(3)25-13-8-5-9-14-25;1-14-7-3-5-9-17(14)18-11-12-20-19-10-6-4-8-16(19)13-21(20)15(18)2;1-2/h4-19H,2,20H2,1,3H3;3-12H,13H2,1-2H3;1-2H3. The summed E-state index contributed by atoms with van der Waals surface area (Å²) in [4.78, 5) is 10.0. The lowest BCUT2D eigenvalue weighted by molar-refractivity contribution is 1.22. The lowest BCUT2D eigenvalue weighted by Gasteiger charge is -2.13. The van der Waals surface area contributed by atoms with Crippen molar-refractivity contribution in [2.45, 2.75) is 54.4 Å². The third-order valence-electron chi connectivity index (χ3n) is 10.9. The molecule has 7 aromatic rings. The zero-order valence-electron chi connectivity index (χ0n) is 33.5. The topological polar surface area (TPSA) is 24.7 Å². The third-order valence-corrected chi connectivity index (χ3v) is 10.9. The second kappa shape index (κ2) is 17.0. The first-order valence-corrected chi connectivity index (χ1v) is 19.8. The summed E-state index contributed by atoms with van der Waals surface area (Å²) in [6.07, 6.45) is 1.95. The van der Waals surface area contributed by atoms with E-state index in [4.69, 9.17) is 9.98 Å². The molecule has 7 aromatic carbocycles. The second-order valence-electron chi connectivity index (χ2n) is 14.4. The fourth-order valence-corrected chi connectivity index (χ4v) is 7.93. The van der Waals surface area contributed by atoms with E-state index in [9.17, 15) is 0 Å². The van der Waals surface area contributed by atoms with E-state index in [-0.39, 0.29) is 0 Å². The van der Waals surface area contributed by atoms with Gasteiger partial charge in [-0.1, -0.05) is 184 Å². The Balaban J connectivity index is 0.000000179. The first kappa shape index (κ1) is 37.9. The Kier molecular flexibility index (Phi) is 11.5. The van der Waals surface area contributed by atoms with Gasteiger partial charge in [-0.3, -0.25) is 0 Å². The van der Waals surface area contributed by atoms with E-state index in [0.717, 1.165) is 35.2 Å². The maximum absolute atomic E-state index is 5.05. The van der Waals surface area contributed by atoms with Crippen LogP contribution in [0.3, 0.4) is 0 Å². The number of rotatable bonds is 5. The van der Waals surface area contributed by atoms with Gasteiger partial charge in [-0.15, -0.1) is 0 Å². The highest BCUT2D eigenvalue weighted by Gasteiger charge is 2.24. The zero-order chi connectivity index (χ0) is 39.2. The molecule has 0 aliphatic heterocycles. The molecule has 56 heavy (non-hydrogen) atoms. The van der Waals surface area contributed by atoms with Crippen LogP contribution in [0.4, 0.5) is 0 Å². The molecule has 0 aromatic heterocycles. The molecule has 0 bridgehead atoms. The SMILES string of the molecule is C=C(N=C(N=C(C)c1ccccc1)c1cccc2c1Cc1ccc(C)cc1-2)c1ccccc1.CC.Cc1ccccc1-c1ccc2c(c1C)Cc1ccccc1-2. The van der Waals surface area contributed by atoms with Crippen LogP contribution in [0.25, 0.3) is 39.1 Å². The first-order valence-electron chi connectivity index (χ1n) is 19.8. The minimum absolute atomic E-state index is 0.701. The van der Waals surface area contributed by atoms with E-state index < -0.39 is 0 Å². The van der Waals surface area contributed by atoms with Gasteiger partial charge in [0.15, 0.2) is 5.84 Å². The van der Waals surface area contributed by atoms with Crippen molar-refractivity contribution in [3.8, 4) is 33.4 Å². The number of amidine groups is 1. The normalized spacial score (nSPS) is 12.2.